The minimum absolute atomic E-state index is 0.00597. The van der Waals surface area contributed by atoms with E-state index in [0.29, 0.717) is 122 Å². The average Bonchev–Trinajstić information content (AvgIpc) is 1.60. The molecular weight excluding hydrogens is 1700 g/mol. The van der Waals surface area contributed by atoms with Gasteiger partial charge in [0, 0.05) is 137 Å². The Morgan fingerprint density at radius 2 is 1.10 bits per heavy atom. The second kappa shape index (κ2) is 47.3. The van der Waals surface area contributed by atoms with Crippen molar-refractivity contribution in [1.29, 1.82) is 0 Å². The number of thiophene rings is 1. The molecule has 8 N–H and O–H groups in total. The number of likely N-dealkylation sites (N-methyl/N-ethyl adjacent to an activating group) is 1. The van der Waals surface area contributed by atoms with Crippen LogP contribution in [0.4, 0.5) is 36.2 Å². The molecule has 0 unspecified atom stereocenters. The molecule has 4 atom stereocenters. The van der Waals surface area contributed by atoms with Crippen LogP contribution in [0.15, 0.2) is 146 Å². The van der Waals surface area contributed by atoms with E-state index in [1.807, 2.05) is 36.4 Å². The summed E-state index contributed by atoms with van der Waals surface area (Å²) < 4.78 is 73.6. The number of alkyl halides is 2. The lowest BCUT2D eigenvalue weighted by Gasteiger charge is -2.25. The molecule has 32 nitrogen and oxygen atoms in total. The molecule has 2 aliphatic heterocycles. The molecule has 8 aromatic rings. The van der Waals surface area contributed by atoms with Gasteiger partial charge in [0.1, 0.15) is 24.7 Å². The number of phosphoric acid groups is 1. The van der Waals surface area contributed by atoms with Gasteiger partial charge in [0.05, 0.1) is 113 Å². The molecule has 1 aliphatic carbocycles. The van der Waals surface area contributed by atoms with Gasteiger partial charge in [0.15, 0.2) is 5.78 Å². The molecule has 11 rings (SSSR count). The van der Waals surface area contributed by atoms with Gasteiger partial charge in [0.2, 0.25) is 11.8 Å². The van der Waals surface area contributed by atoms with Crippen LogP contribution in [0.25, 0.3) is 32.7 Å². The number of nitrogens with zero attached hydrogens (tertiary/aromatic N) is 4. The zero-order valence-corrected chi connectivity index (χ0v) is 73.3. The third-order valence-electron chi connectivity index (χ3n) is 21.4. The number of urea groups is 1. The molecule has 0 spiro atoms. The van der Waals surface area contributed by atoms with Crippen LogP contribution in [0.5, 0.6) is 11.5 Å². The number of fused-ring (bicyclic) bond motifs is 9. The maximum absolute atomic E-state index is 14.8. The lowest BCUT2D eigenvalue weighted by atomic mass is 9.89. The van der Waals surface area contributed by atoms with Crippen molar-refractivity contribution >= 4 is 135 Å². The number of nitrogens with two attached hydrogens (primary N) is 1. The molecule has 0 fully saturated rings. The quantitative estimate of drug-likeness (QED) is 0.0106. The summed E-state index contributed by atoms with van der Waals surface area (Å²) in [7, 11) is -2.04. The smallest absolute Gasteiger partial charge is 0.449 e. The van der Waals surface area contributed by atoms with E-state index in [1.54, 1.807) is 97.6 Å². The molecule has 1 aromatic heterocycles. The highest BCUT2D eigenvalue weighted by molar-refractivity contribution is 7.46. The van der Waals surface area contributed by atoms with E-state index in [1.165, 1.54) is 46.1 Å². The summed E-state index contributed by atoms with van der Waals surface area (Å²) in [6.45, 7) is 8.24. The van der Waals surface area contributed by atoms with Crippen LogP contribution >= 0.6 is 42.4 Å². The number of primary amides is 1. The Balaban J connectivity index is 0.570. The Morgan fingerprint density at radius 3 is 1.63 bits per heavy atom. The molecule has 3 aliphatic rings. The Kier molecular flexibility index (Phi) is 36.0. The number of rotatable bonds is 49. The van der Waals surface area contributed by atoms with Crippen LogP contribution in [0.2, 0.25) is 0 Å². The van der Waals surface area contributed by atoms with Crippen molar-refractivity contribution in [2.75, 3.05) is 179 Å². The number of anilines is 3. The number of nitrogens with one attached hydrogen (secondary N) is 4. The minimum Gasteiger partial charge on any atom is -0.449 e. The largest absolute Gasteiger partial charge is 0.524 e. The summed E-state index contributed by atoms with van der Waals surface area (Å²) in [4.78, 5) is 148. The van der Waals surface area contributed by atoms with E-state index in [4.69, 9.17) is 80.8 Å². The fourth-order valence-corrected chi connectivity index (χ4v) is 17.0. The van der Waals surface area contributed by atoms with Crippen LogP contribution in [-0.4, -0.2) is 244 Å². The van der Waals surface area contributed by atoms with Gasteiger partial charge in [-0.2, -0.15) is 0 Å². The van der Waals surface area contributed by atoms with Crippen LogP contribution in [0.1, 0.15) is 104 Å². The minimum atomic E-state index is -5.02. The molecule has 670 valence electrons. The van der Waals surface area contributed by atoms with Gasteiger partial charge in [0.25, 0.3) is 11.8 Å². The predicted octanol–water partition coefficient (Wildman–Crippen LogP) is 12.3. The Hall–Kier alpha value is -10.4. The van der Waals surface area contributed by atoms with Crippen LogP contribution in [-0.2, 0) is 68.2 Å². The Morgan fingerprint density at radius 1 is 0.592 bits per heavy atom. The number of carbonyl (C=O) groups is 9. The lowest BCUT2D eigenvalue weighted by Crippen LogP contribution is -2.45. The van der Waals surface area contributed by atoms with Gasteiger partial charge in [-0.1, -0.05) is 123 Å². The highest BCUT2D eigenvalue weighted by atomic mass is 35.5. The predicted molar refractivity (Wildman–Crippen MR) is 472 cm³/mol. The molecular formula is C89H106Cl2N9O23PS. The number of alkyl carbamates (subject to hydrolysis) is 1. The number of Topliss-reactive ketones (excluding diaryl/α,β-unsaturated/α-hetero) is 1. The monoisotopic (exact) mass is 1800 g/mol. The first-order valence-electron chi connectivity index (χ1n) is 41.3. The molecule has 0 radical (unpaired) electrons. The average molecular weight is 1800 g/mol. The number of methoxy groups -OCH3 is 1. The first-order valence-corrected chi connectivity index (χ1v) is 44.7. The van der Waals surface area contributed by atoms with Crippen molar-refractivity contribution < 1.29 is 109 Å². The number of hydrogen-bond donors (Lipinski definition) is 7. The van der Waals surface area contributed by atoms with Crippen molar-refractivity contribution in [3.63, 3.8) is 0 Å². The number of halogens is 2. The number of phosphoric ester groups is 1. The standard InChI is InChI=1S/C89H106Cl2N9O23PS/c1-57(2)82(96-79(102)29-35-114-38-40-116-42-44-118-46-47-119-45-43-117-41-39-115-36-31-94-87(107)120-56-71-65-17-7-5-15-63(65)64-16-6-8-18-66(64)71)74(101)48-59(14-13-30-93-86(92)106)83(103)95-62-25-23-58(24-26-62)55-121-88(108)97(3)32-33-98(34-37-113-4)89(109)122-75-49-72-80(69-21-11-9-19-67(69)75)60(51-90)53-99(72)84(104)77-27-28-78(125-77)85(105)100-54-61(52-91)81-70-22-12-10-20-68(70)76(50-73(81)100)123-124(110,111)112/h5-12,15-28,49-50,57,59-61,71,82H,13-14,29-48,51-56H2,1-4H3,(H,94,107)(H,95,103)(H,96,102)(H3,92,93,106)(H2,110,111,112)/t59-,60-,61-,82+/m1/s1. The third kappa shape index (κ3) is 26.4. The van der Waals surface area contributed by atoms with Crippen molar-refractivity contribution in [2.24, 2.45) is 17.6 Å². The fraction of sp³-hybridized carbons (Fsp3) is 0.427. The highest BCUT2D eigenvalue weighted by Crippen LogP contribution is 2.51. The highest BCUT2D eigenvalue weighted by Gasteiger charge is 2.40. The third-order valence-corrected chi connectivity index (χ3v) is 23.6. The summed E-state index contributed by atoms with van der Waals surface area (Å²) in [5.41, 5.74) is 13.2. The number of amides is 9. The van der Waals surface area contributed by atoms with Crippen molar-refractivity contribution in [3.05, 3.63) is 183 Å². The normalized spacial score (nSPS) is 14.4. The lowest BCUT2D eigenvalue weighted by molar-refractivity contribution is -0.131. The first-order chi connectivity index (χ1) is 60.4. The van der Waals surface area contributed by atoms with Gasteiger partial charge >= 0.3 is 32.1 Å². The van der Waals surface area contributed by atoms with E-state index >= 15 is 0 Å². The van der Waals surface area contributed by atoms with E-state index in [9.17, 15) is 57.5 Å². The van der Waals surface area contributed by atoms with E-state index in [-0.39, 0.29) is 161 Å². The molecule has 0 saturated carbocycles. The first kappa shape index (κ1) is 95.3. The van der Waals surface area contributed by atoms with Crippen LogP contribution in [0, 0.1) is 11.8 Å². The summed E-state index contributed by atoms with van der Waals surface area (Å²) >= 11 is 14.1. The molecule has 0 bridgehead atoms. The number of ether oxygens (including phenoxy) is 10. The van der Waals surface area contributed by atoms with Crippen molar-refractivity contribution in [3.8, 4) is 22.6 Å². The number of carbonyl (C=O) groups excluding carboxylic acids is 9. The zero-order chi connectivity index (χ0) is 88.9. The topological polar surface area (TPSA) is 400 Å². The number of benzene rings is 7. The van der Waals surface area contributed by atoms with Crippen molar-refractivity contribution in [1.82, 2.24) is 25.8 Å². The van der Waals surface area contributed by atoms with Gasteiger partial charge in [-0.05, 0) is 92.7 Å². The van der Waals surface area contributed by atoms with Crippen LogP contribution < -0.4 is 46.1 Å². The number of ketones is 1. The van der Waals surface area contributed by atoms with Gasteiger partial charge in [-0.25, -0.2) is 23.7 Å². The van der Waals surface area contributed by atoms with Gasteiger partial charge < -0.3 is 98.5 Å². The van der Waals surface area contributed by atoms with Gasteiger partial charge in [-0.15, -0.1) is 34.5 Å². The van der Waals surface area contributed by atoms with E-state index in [0.717, 1.165) is 28.0 Å². The van der Waals surface area contributed by atoms with E-state index < -0.39 is 67.7 Å². The Labute approximate surface area is 738 Å². The Bertz CT molecular complexity index is 5060. The van der Waals surface area contributed by atoms with Gasteiger partial charge in [-0.3, -0.25) is 33.8 Å². The summed E-state index contributed by atoms with van der Waals surface area (Å²) in [5, 5.41) is 13.2. The summed E-state index contributed by atoms with van der Waals surface area (Å²) in [5.74, 6) is -3.80. The zero-order valence-electron chi connectivity index (χ0n) is 70.1. The van der Waals surface area contributed by atoms with Crippen LogP contribution in [0.3, 0.4) is 0 Å². The fourth-order valence-electron chi connectivity index (χ4n) is 15.1. The van der Waals surface area contributed by atoms with Crippen molar-refractivity contribution in [2.45, 2.75) is 69.9 Å². The molecule has 0 saturated heterocycles. The maximum atomic E-state index is 14.8. The molecule has 7 aromatic carbocycles. The molecule has 9 amide bonds. The number of hydrogen-bond acceptors (Lipinski definition) is 22. The maximum Gasteiger partial charge on any atom is 0.524 e. The molecule has 3 heterocycles. The summed E-state index contributed by atoms with van der Waals surface area (Å²) in [6, 6.07) is 41.5. The summed E-state index contributed by atoms with van der Waals surface area (Å²) in [6.07, 6.45) is -1.76. The SMILES string of the molecule is COCCN(CCN(C)C(=O)OCc1ccc(NC(=O)[C@H](CCCNC(N)=O)CC(=O)[C@@H](NC(=O)CCOCCOCCOCCOCCOCCOCCNC(=O)OCC2c3ccccc3-c3ccccc32)C(C)C)cc1)C(=O)Oc1cc2c(c3ccccc13)[C@H](CCl)CN2C(=O)c1ccc(C(=O)N2C[C@@H](CCl)c3c2cc(OP(=O)(O)O)c2ccccc32)s1. The molecule has 125 heavy (non-hydrogen) atoms. The van der Waals surface area contributed by atoms with E-state index in [2.05, 4.69) is 45.5 Å². The second-order valence-corrected chi connectivity index (χ2v) is 33.1. The molecule has 36 heteroatoms. The second-order valence-electron chi connectivity index (χ2n) is 30.3.